The van der Waals surface area contributed by atoms with Crippen molar-refractivity contribution in [3.05, 3.63) is 42.7 Å². The van der Waals surface area contributed by atoms with Crippen LogP contribution in [0, 0.1) is 0 Å². The first kappa shape index (κ1) is 12.7. The molecule has 1 aliphatic rings. The standard InChI is InChI=1S/C15H18N4O/c16-14-9-15(18-11-17-14)19-8-4-5-12(19)10-20-13-6-2-1-3-7-13/h1-3,6-7,9,11-12H,4-5,8,10H2,(H2,16,17,18)/t12-/m0/s1. The van der Waals surface area contributed by atoms with Gasteiger partial charge in [-0.05, 0) is 25.0 Å². The van der Waals surface area contributed by atoms with Crippen molar-refractivity contribution in [2.45, 2.75) is 18.9 Å². The number of hydrogen-bond donors (Lipinski definition) is 1. The number of anilines is 2. The highest BCUT2D eigenvalue weighted by Gasteiger charge is 2.26. The van der Waals surface area contributed by atoms with Gasteiger partial charge in [0.15, 0.2) is 0 Å². The predicted molar refractivity (Wildman–Crippen MR) is 78.7 cm³/mol. The Balaban J connectivity index is 1.67. The molecule has 2 N–H and O–H groups in total. The van der Waals surface area contributed by atoms with E-state index in [9.17, 15) is 0 Å². The van der Waals surface area contributed by atoms with Crippen LogP contribution in [-0.2, 0) is 0 Å². The van der Waals surface area contributed by atoms with Gasteiger partial charge < -0.3 is 15.4 Å². The summed E-state index contributed by atoms with van der Waals surface area (Å²) in [6.45, 7) is 1.65. The summed E-state index contributed by atoms with van der Waals surface area (Å²) in [6, 6.07) is 12.0. The Kier molecular flexibility index (Phi) is 3.67. The summed E-state index contributed by atoms with van der Waals surface area (Å²) in [5, 5.41) is 0. The maximum Gasteiger partial charge on any atom is 0.134 e. The Morgan fingerprint density at radius 3 is 2.90 bits per heavy atom. The predicted octanol–water partition coefficient (Wildman–Crippen LogP) is 2.11. The van der Waals surface area contributed by atoms with E-state index in [0.717, 1.165) is 31.0 Å². The molecule has 1 saturated heterocycles. The van der Waals surface area contributed by atoms with Crippen LogP contribution in [0.25, 0.3) is 0 Å². The summed E-state index contributed by atoms with van der Waals surface area (Å²) in [7, 11) is 0. The SMILES string of the molecule is Nc1cc(N2CCC[C@H]2COc2ccccc2)ncn1. The molecular weight excluding hydrogens is 252 g/mol. The van der Waals surface area contributed by atoms with Crippen molar-refractivity contribution in [2.24, 2.45) is 0 Å². The fraction of sp³-hybridized carbons (Fsp3) is 0.333. The van der Waals surface area contributed by atoms with Gasteiger partial charge in [0, 0.05) is 12.6 Å². The number of rotatable bonds is 4. The van der Waals surface area contributed by atoms with Crippen LogP contribution in [0.15, 0.2) is 42.7 Å². The molecule has 20 heavy (non-hydrogen) atoms. The van der Waals surface area contributed by atoms with Crippen LogP contribution in [0.4, 0.5) is 11.6 Å². The number of aromatic nitrogens is 2. The van der Waals surface area contributed by atoms with Crippen molar-refractivity contribution in [1.82, 2.24) is 9.97 Å². The fourth-order valence-corrected chi connectivity index (χ4v) is 2.54. The lowest BCUT2D eigenvalue weighted by Crippen LogP contribution is -2.34. The van der Waals surface area contributed by atoms with Gasteiger partial charge in [0.25, 0.3) is 0 Å². The summed E-state index contributed by atoms with van der Waals surface area (Å²) in [5.74, 6) is 2.29. The molecule has 0 aliphatic carbocycles. The Labute approximate surface area is 118 Å². The zero-order valence-corrected chi connectivity index (χ0v) is 11.3. The van der Waals surface area contributed by atoms with E-state index >= 15 is 0 Å². The quantitative estimate of drug-likeness (QED) is 0.921. The minimum absolute atomic E-state index is 0.338. The van der Waals surface area contributed by atoms with E-state index in [1.165, 1.54) is 6.33 Å². The molecule has 1 aliphatic heterocycles. The van der Waals surface area contributed by atoms with Crippen LogP contribution < -0.4 is 15.4 Å². The van der Waals surface area contributed by atoms with Crippen LogP contribution >= 0.6 is 0 Å². The van der Waals surface area contributed by atoms with Crippen LogP contribution in [0.5, 0.6) is 5.75 Å². The zero-order chi connectivity index (χ0) is 13.8. The second-order valence-corrected chi connectivity index (χ2v) is 4.91. The lowest BCUT2D eigenvalue weighted by molar-refractivity contribution is 0.288. The van der Waals surface area contributed by atoms with Gasteiger partial charge in [0.05, 0.1) is 6.04 Å². The number of para-hydroxylation sites is 1. The molecule has 1 aromatic carbocycles. The molecule has 0 spiro atoms. The maximum atomic E-state index is 5.86. The number of nitrogens with two attached hydrogens (primary N) is 1. The summed E-state index contributed by atoms with van der Waals surface area (Å²) in [5.41, 5.74) is 5.73. The van der Waals surface area contributed by atoms with Crippen molar-refractivity contribution in [3.63, 3.8) is 0 Å². The molecule has 5 nitrogen and oxygen atoms in total. The van der Waals surface area contributed by atoms with Crippen molar-refractivity contribution >= 4 is 11.6 Å². The van der Waals surface area contributed by atoms with Gasteiger partial charge in [-0.2, -0.15) is 0 Å². The van der Waals surface area contributed by atoms with Gasteiger partial charge in [-0.15, -0.1) is 0 Å². The van der Waals surface area contributed by atoms with E-state index < -0.39 is 0 Å². The summed E-state index contributed by atoms with van der Waals surface area (Å²) in [4.78, 5) is 10.5. The van der Waals surface area contributed by atoms with Crippen LogP contribution in [0.3, 0.4) is 0 Å². The Morgan fingerprint density at radius 1 is 1.25 bits per heavy atom. The lowest BCUT2D eigenvalue weighted by atomic mass is 10.2. The smallest absolute Gasteiger partial charge is 0.134 e. The van der Waals surface area contributed by atoms with E-state index in [4.69, 9.17) is 10.5 Å². The minimum atomic E-state index is 0.338. The second kappa shape index (κ2) is 5.77. The number of benzene rings is 1. The van der Waals surface area contributed by atoms with E-state index in [1.807, 2.05) is 36.4 Å². The van der Waals surface area contributed by atoms with E-state index in [2.05, 4.69) is 14.9 Å². The van der Waals surface area contributed by atoms with Crippen molar-refractivity contribution in [2.75, 3.05) is 23.8 Å². The lowest BCUT2D eigenvalue weighted by Gasteiger charge is -2.25. The third-order valence-corrected chi connectivity index (χ3v) is 3.53. The molecule has 104 valence electrons. The van der Waals surface area contributed by atoms with Gasteiger partial charge in [0.1, 0.15) is 30.3 Å². The van der Waals surface area contributed by atoms with Gasteiger partial charge >= 0.3 is 0 Å². The first-order valence-electron chi connectivity index (χ1n) is 6.85. The summed E-state index contributed by atoms with van der Waals surface area (Å²) in [6.07, 6.45) is 3.77. The van der Waals surface area contributed by atoms with Gasteiger partial charge in [-0.3, -0.25) is 0 Å². The highest BCUT2D eigenvalue weighted by Crippen LogP contribution is 2.25. The monoisotopic (exact) mass is 270 g/mol. The number of nitrogens with zero attached hydrogens (tertiary/aromatic N) is 3. The van der Waals surface area contributed by atoms with Crippen LogP contribution in [0.2, 0.25) is 0 Å². The molecule has 2 aromatic rings. The molecule has 5 heteroatoms. The number of nitrogen functional groups attached to an aromatic ring is 1. The number of hydrogen-bond acceptors (Lipinski definition) is 5. The molecule has 1 atom stereocenters. The molecule has 1 aromatic heterocycles. The van der Waals surface area contributed by atoms with E-state index in [1.54, 1.807) is 0 Å². The third-order valence-electron chi connectivity index (χ3n) is 3.53. The summed E-state index contributed by atoms with van der Waals surface area (Å²) >= 11 is 0. The molecular formula is C15H18N4O. The first-order chi connectivity index (χ1) is 9.83. The van der Waals surface area contributed by atoms with Crippen molar-refractivity contribution < 1.29 is 4.74 Å². The topological polar surface area (TPSA) is 64.3 Å². The Bertz CT molecular complexity index is 561. The molecule has 0 saturated carbocycles. The zero-order valence-electron chi connectivity index (χ0n) is 11.3. The fourth-order valence-electron chi connectivity index (χ4n) is 2.54. The van der Waals surface area contributed by atoms with Crippen LogP contribution in [0.1, 0.15) is 12.8 Å². The number of ether oxygens (including phenoxy) is 1. The average Bonchev–Trinajstić information content (AvgIpc) is 2.95. The average molecular weight is 270 g/mol. The normalized spacial score (nSPS) is 18.2. The molecule has 0 bridgehead atoms. The van der Waals surface area contributed by atoms with Gasteiger partial charge in [-0.25, -0.2) is 9.97 Å². The molecule has 2 heterocycles. The van der Waals surface area contributed by atoms with Crippen LogP contribution in [-0.4, -0.2) is 29.2 Å². The maximum absolute atomic E-state index is 5.86. The summed E-state index contributed by atoms with van der Waals surface area (Å²) < 4.78 is 5.86. The van der Waals surface area contributed by atoms with Gasteiger partial charge in [-0.1, -0.05) is 18.2 Å². The molecule has 0 unspecified atom stereocenters. The van der Waals surface area contributed by atoms with Gasteiger partial charge in [0.2, 0.25) is 0 Å². The largest absolute Gasteiger partial charge is 0.491 e. The first-order valence-corrected chi connectivity index (χ1v) is 6.85. The molecule has 0 amide bonds. The van der Waals surface area contributed by atoms with E-state index in [0.29, 0.717) is 18.5 Å². The molecule has 3 rings (SSSR count). The molecule has 1 fully saturated rings. The highest BCUT2D eigenvalue weighted by atomic mass is 16.5. The third kappa shape index (κ3) is 2.82. The Hall–Kier alpha value is -2.30. The van der Waals surface area contributed by atoms with E-state index in [-0.39, 0.29) is 0 Å². The molecule has 0 radical (unpaired) electrons. The highest BCUT2D eigenvalue weighted by molar-refractivity contribution is 5.47. The minimum Gasteiger partial charge on any atom is -0.491 e. The second-order valence-electron chi connectivity index (χ2n) is 4.91. The van der Waals surface area contributed by atoms with Crippen molar-refractivity contribution in [3.8, 4) is 5.75 Å². The van der Waals surface area contributed by atoms with Crippen molar-refractivity contribution in [1.29, 1.82) is 0 Å². The Morgan fingerprint density at radius 2 is 2.10 bits per heavy atom.